The molecule has 0 unspecified atom stereocenters. The molecule has 0 spiro atoms. The minimum atomic E-state index is -3.82. The monoisotopic (exact) mass is 317 g/mol. The van der Waals surface area contributed by atoms with E-state index in [4.69, 9.17) is 5.73 Å². The molecule has 21 heavy (non-hydrogen) atoms. The van der Waals surface area contributed by atoms with Crippen molar-refractivity contribution in [1.82, 2.24) is 9.21 Å². The number of nitrogens with zero attached hydrogens (tertiary/aromatic N) is 2. The summed E-state index contributed by atoms with van der Waals surface area (Å²) in [6.07, 6.45) is 0.676. The molecule has 0 fully saturated rings. The molecule has 0 aromatic heterocycles. The van der Waals surface area contributed by atoms with Crippen LogP contribution in [0, 0.1) is 5.82 Å². The molecular weight excluding hydrogens is 293 g/mol. The van der Waals surface area contributed by atoms with Gasteiger partial charge in [-0.15, -0.1) is 0 Å². The van der Waals surface area contributed by atoms with Gasteiger partial charge in [-0.25, -0.2) is 12.8 Å². The molecule has 0 saturated carbocycles. The summed E-state index contributed by atoms with van der Waals surface area (Å²) >= 11 is 0. The highest BCUT2D eigenvalue weighted by atomic mass is 32.2. The molecule has 0 atom stereocenters. The van der Waals surface area contributed by atoms with Crippen molar-refractivity contribution < 1.29 is 12.8 Å². The lowest BCUT2D eigenvalue weighted by molar-refractivity contribution is 0.332. The normalized spacial score (nSPS) is 12.3. The van der Waals surface area contributed by atoms with Crippen LogP contribution in [-0.2, 0) is 16.6 Å². The third-order valence-corrected chi connectivity index (χ3v) is 5.05. The van der Waals surface area contributed by atoms with Crippen molar-refractivity contribution in [3.8, 4) is 0 Å². The average Bonchev–Trinajstić information content (AvgIpc) is 2.42. The van der Waals surface area contributed by atoms with Gasteiger partial charge in [-0.3, -0.25) is 0 Å². The van der Waals surface area contributed by atoms with Crippen molar-refractivity contribution in [2.24, 2.45) is 5.73 Å². The lowest BCUT2D eigenvalue weighted by Crippen LogP contribution is -2.37. The van der Waals surface area contributed by atoms with Crippen molar-refractivity contribution in [2.75, 3.05) is 33.7 Å². The quantitative estimate of drug-likeness (QED) is 0.783. The van der Waals surface area contributed by atoms with Crippen LogP contribution in [0.25, 0.3) is 0 Å². The van der Waals surface area contributed by atoms with E-state index >= 15 is 0 Å². The summed E-state index contributed by atoms with van der Waals surface area (Å²) in [5.41, 5.74) is 6.01. The van der Waals surface area contributed by atoms with Crippen LogP contribution < -0.4 is 5.73 Å². The summed E-state index contributed by atoms with van der Waals surface area (Å²) in [6.45, 7) is 3.36. The van der Waals surface area contributed by atoms with E-state index in [1.165, 1.54) is 16.4 Å². The van der Waals surface area contributed by atoms with Gasteiger partial charge in [0.15, 0.2) is 0 Å². The molecule has 5 nitrogen and oxygen atoms in total. The van der Waals surface area contributed by atoms with Crippen LogP contribution in [0.5, 0.6) is 0 Å². The third kappa shape index (κ3) is 4.74. The largest absolute Gasteiger partial charge is 0.326 e. The topological polar surface area (TPSA) is 66.6 Å². The second kappa shape index (κ2) is 7.84. The number of likely N-dealkylation sites (N-methyl/N-ethyl adjacent to an activating group) is 1. The molecule has 0 amide bonds. The van der Waals surface area contributed by atoms with Gasteiger partial charge in [0, 0.05) is 26.2 Å². The minimum absolute atomic E-state index is 0.177. The van der Waals surface area contributed by atoms with Crippen molar-refractivity contribution in [1.29, 1.82) is 0 Å². The van der Waals surface area contributed by atoms with E-state index in [0.717, 1.165) is 0 Å². The Morgan fingerprint density at radius 2 is 1.86 bits per heavy atom. The third-order valence-electron chi connectivity index (χ3n) is 3.12. The van der Waals surface area contributed by atoms with Gasteiger partial charge in [-0.2, -0.15) is 4.31 Å². The molecule has 0 aliphatic heterocycles. The molecule has 2 N–H and O–H groups in total. The number of benzene rings is 1. The lowest BCUT2D eigenvalue weighted by Gasteiger charge is -2.23. The predicted molar refractivity (Wildman–Crippen MR) is 81.9 cm³/mol. The van der Waals surface area contributed by atoms with Gasteiger partial charge in [0.25, 0.3) is 0 Å². The highest BCUT2D eigenvalue weighted by Gasteiger charge is 2.26. The Labute approximate surface area is 126 Å². The van der Waals surface area contributed by atoms with Gasteiger partial charge in [-0.1, -0.05) is 13.0 Å². The number of rotatable bonds is 8. The molecule has 0 heterocycles. The van der Waals surface area contributed by atoms with Gasteiger partial charge in [0.2, 0.25) is 10.0 Å². The Bertz CT molecular complexity index is 561. The maximum Gasteiger partial charge on any atom is 0.246 e. The molecule has 0 radical (unpaired) electrons. The fourth-order valence-corrected chi connectivity index (χ4v) is 3.50. The first-order valence-electron chi connectivity index (χ1n) is 6.96. The highest BCUT2D eigenvalue weighted by molar-refractivity contribution is 7.89. The van der Waals surface area contributed by atoms with Crippen LogP contribution in [0.3, 0.4) is 0 Å². The standard InChI is InChI=1S/C14H24FN3O2S/c1-4-7-18(9-8-17(2)3)21(19,20)14-6-5-12(11-16)10-13(14)15/h5-6,10H,4,7-9,11,16H2,1-3H3. The van der Waals surface area contributed by atoms with E-state index in [-0.39, 0.29) is 11.4 Å². The zero-order valence-corrected chi connectivity index (χ0v) is 13.7. The maximum absolute atomic E-state index is 14.1. The van der Waals surface area contributed by atoms with E-state index in [0.29, 0.717) is 31.6 Å². The van der Waals surface area contributed by atoms with Crippen molar-refractivity contribution >= 4 is 10.0 Å². The first kappa shape index (κ1) is 18.0. The predicted octanol–water partition coefficient (Wildman–Crippen LogP) is 1.25. The first-order valence-corrected chi connectivity index (χ1v) is 8.40. The molecule has 0 aliphatic rings. The molecular formula is C14H24FN3O2S. The summed E-state index contributed by atoms with van der Waals surface area (Å²) in [5, 5.41) is 0. The fourth-order valence-electron chi connectivity index (χ4n) is 1.93. The summed E-state index contributed by atoms with van der Waals surface area (Å²) in [5.74, 6) is -0.746. The van der Waals surface area contributed by atoms with Crippen LogP contribution in [-0.4, -0.2) is 51.4 Å². The zero-order valence-electron chi connectivity index (χ0n) is 12.8. The van der Waals surface area contributed by atoms with Crippen LogP contribution in [0.15, 0.2) is 23.1 Å². The van der Waals surface area contributed by atoms with Crippen molar-refractivity contribution in [3.63, 3.8) is 0 Å². The Kier molecular flexibility index (Phi) is 6.73. The lowest BCUT2D eigenvalue weighted by atomic mass is 10.2. The fraction of sp³-hybridized carbons (Fsp3) is 0.571. The number of nitrogens with two attached hydrogens (primary N) is 1. The molecule has 7 heteroatoms. The van der Waals surface area contributed by atoms with E-state index in [1.54, 1.807) is 6.07 Å². The molecule has 1 rings (SSSR count). The minimum Gasteiger partial charge on any atom is -0.326 e. The van der Waals surface area contributed by atoms with Crippen LogP contribution in [0.1, 0.15) is 18.9 Å². The molecule has 0 saturated heterocycles. The van der Waals surface area contributed by atoms with Crippen molar-refractivity contribution in [3.05, 3.63) is 29.6 Å². The van der Waals surface area contributed by atoms with E-state index < -0.39 is 15.8 Å². The highest BCUT2D eigenvalue weighted by Crippen LogP contribution is 2.20. The summed E-state index contributed by atoms with van der Waals surface area (Å²) in [7, 11) is -0.0868. The Hall–Kier alpha value is -1.02. The van der Waals surface area contributed by atoms with Gasteiger partial charge in [0.1, 0.15) is 10.7 Å². The Morgan fingerprint density at radius 3 is 2.33 bits per heavy atom. The van der Waals surface area contributed by atoms with Crippen LogP contribution in [0.2, 0.25) is 0 Å². The molecule has 0 aliphatic carbocycles. The molecule has 120 valence electrons. The second-order valence-corrected chi connectivity index (χ2v) is 7.08. The maximum atomic E-state index is 14.1. The summed E-state index contributed by atoms with van der Waals surface area (Å²) in [4.78, 5) is 1.61. The Balaban J connectivity index is 3.10. The summed E-state index contributed by atoms with van der Waals surface area (Å²) < 4.78 is 40.6. The number of hydrogen-bond donors (Lipinski definition) is 1. The number of sulfonamides is 1. The first-order chi connectivity index (χ1) is 9.82. The number of halogens is 1. The summed E-state index contributed by atoms with van der Waals surface area (Å²) in [6, 6.07) is 4.03. The van der Waals surface area contributed by atoms with E-state index in [9.17, 15) is 12.8 Å². The van der Waals surface area contributed by atoms with Crippen LogP contribution in [0.4, 0.5) is 4.39 Å². The van der Waals surface area contributed by atoms with E-state index in [1.807, 2.05) is 25.9 Å². The Morgan fingerprint density at radius 1 is 1.19 bits per heavy atom. The average molecular weight is 317 g/mol. The number of hydrogen-bond acceptors (Lipinski definition) is 4. The zero-order chi connectivity index (χ0) is 16.0. The van der Waals surface area contributed by atoms with E-state index in [2.05, 4.69) is 0 Å². The molecule has 1 aromatic rings. The van der Waals surface area contributed by atoms with Gasteiger partial charge >= 0.3 is 0 Å². The van der Waals surface area contributed by atoms with Gasteiger partial charge in [-0.05, 0) is 38.2 Å². The van der Waals surface area contributed by atoms with Gasteiger partial charge in [0.05, 0.1) is 0 Å². The SMILES string of the molecule is CCCN(CCN(C)C)S(=O)(=O)c1ccc(CN)cc1F. The second-order valence-electron chi connectivity index (χ2n) is 5.18. The smallest absolute Gasteiger partial charge is 0.246 e. The molecule has 1 aromatic carbocycles. The van der Waals surface area contributed by atoms with Crippen molar-refractivity contribution in [2.45, 2.75) is 24.8 Å². The van der Waals surface area contributed by atoms with Gasteiger partial charge < -0.3 is 10.6 Å². The molecule has 0 bridgehead atoms. The van der Waals surface area contributed by atoms with Crippen LogP contribution >= 0.6 is 0 Å².